The van der Waals surface area contributed by atoms with Crippen molar-refractivity contribution >= 4 is 18.0 Å². The predicted octanol–water partition coefficient (Wildman–Crippen LogP) is 4.26. The second-order valence-electron chi connectivity index (χ2n) is 10.7. The van der Waals surface area contributed by atoms with Crippen molar-refractivity contribution in [2.45, 2.75) is 45.1 Å². The van der Waals surface area contributed by atoms with Crippen LogP contribution in [0.15, 0.2) is 48.5 Å². The number of hydrogen-bond donors (Lipinski definition) is 2. The van der Waals surface area contributed by atoms with E-state index in [4.69, 9.17) is 4.74 Å². The van der Waals surface area contributed by atoms with Crippen molar-refractivity contribution in [3.05, 3.63) is 59.7 Å². The third-order valence-electron chi connectivity index (χ3n) is 8.06. The van der Waals surface area contributed by atoms with Gasteiger partial charge in [0.2, 0.25) is 5.91 Å². The average molecular weight is 477 g/mol. The first-order chi connectivity index (χ1) is 16.8. The number of carbonyl (C=O) groups is 3. The molecule has 0 bridgehead atoms. The van der Waals surface area contributed by atoms with Crippen LogP contribution in [0.3, 0.4) is 0 Å². The van der Waals surface area contributed by atoms with E-state index >= 15 is 0 Å². The van der Waals surface area contributed by atoms with E-state index in [1.165, 1.54) is 0 Å². The number of nitrogens with one attached hydrogen (secondary N) is 1. The van der Waals surface area contributed by atoms with Crippen molar-refractivity contribution in [1.82, 2.24) is 10.2 Å². The third-order valence-corrected chi connectivity index (χ3v) is 8.06. The van der Waals surface area contributed by atoms with Crippen LogP contribution in [-0.4, -0.2) is 53.7 Å². The van der Waals surface area contributed by atoms with Crippen molar-refractivity contribution in [3.63, 3.8) is 0 Å². The van der Waals surface area contributed by atoms with Gasteiger partial charge < -0.3 is 20.1 Å². The van der Waals surface area contributed by atoms with Crippen LogP contribution < -0.4 is 5.32 Å². The van der Waals surface area contributed by atoms with Crippen LogP contribution in [0, 0.1) is 17.3 Å². The van der Waals surface area contributed by atoms with Crippen LogP contribution in [0.5, 0.6) is 0 Å². The summed E-state index contributed by atoms with van der Waals surface area (Å²) in [6.45, 7) is 4.45. The molecule has 2 fully saturated rings. The van der Waals surface area contributed by atoms with Gasteiger partial charge >= 0.3 is 12.1 Å². The molecule has 1 saturated heterocycles. The number of alkyl carbamates (subject to hydrolysis) is 1. The lowest BCUT2D eigenvalue weighted by atomic mass is 9.79. The Labute approximate surface area is 205 Å². The minimum absolute atomic E-state index is 0.0509. The fourth-order valence-electron chi connectivity index (χ4n) is 5.83. The van der Waals surface area contributed by atoms with E-state index in [-0.39, 0.29) is 30.9 Å². The van der Waals surface area contributed by atoms with Crippen LogP contribution >= 0.6 is 0 Å². The highest BCUT2D eigenvalue weighted by Gasteiger charge is 2.48. The van der Waals surface area contributed by atoms with E-state index < -0.39 is 29.4 Å². The molecule has 1 aliphatic heterocycles. The summed E-state index contributed by atoms with van der Waals surface area (Å²) in [4.78, 5) is 39.6. The second kappa shape index (κ2) is 9.02. The van der Waals surface area contributed by atoms with Gasteiger partial charge in [-0.15, -0.1) is 0 Å². The number of fused-ring (bicyclic) bond motifs is 3. The van der Waals surface area contributed by atoms with Crippen LogP contribution in [0.25, 0.3) is 11.1 Å². The fourth-order valence-corrected chi connectivity index (χ4v) is 5.83. The number of amides is 2. The summed E-state index contributed by atoms with van der Waals surface area (Å²) >= 11 is 0. The molecule has 2 N–H and O–H groups in total. The Morgan fingerprint density at radius 3 is 2.17 bits per heavy atom. The standard InChI is InChI=1S/C28H32N2O5/c1-28(2)16-30(14-23(28)26(32)33)25(31)24(17-8-7-9-17)29-27(34)35-15-22-20-12-5-3-10-18(20)19-11-4-6-13-21(19)22/h3-6,10-13,17,22-24H,7-9,14-16H2,1-2H3,(H,29,34)(H,32,33). The molecule has 35 heavy (non-hydrogen) atoms. The monoisotopic (exact) mass is 476 g/mol. The third kappa shape index (κ3) is 4.28. The molecule has 184 valence electrons. The van der Waals surface area contributed by atoms with E-state index in [0.29, 0.717) is 6.54 Å². The highest BCUT2D eigenvalue weighted by Crippen LogP contribution is 2.44. The van der Waals surface area contributed by atoms with Gasteiger partial charge in [-0.05, 0) is 46.4 Å². The smallest absolute Gasteiger partial charge is 0.407 e. The number of nitrogens with zero attached hydrogens (tertiary/aromatic N) is 1. The first-order valence-corrected chi connectivity index (χ1v) is 12.4. The second-order valence-corrected chi connectivity index (χ2v) is 10.7. The number of carboxylic acid groups (broad SMARTS) is 1. The number of ether oxygens (including phenoxy) is 1. The molecular weight excluding hydrogens is 444 g/mol. The van der Waals surface area contributed by atoms with E-state index in [2.05, 4.69) is 29.6 Å². The van der Waals surface area contributed by atoms with Gasteiger partial charge in [-0.3, -0.25) is 9.59 Å². The SMILES string of the molecule is CC1(C)CN(C(=O)C(NC(=O)OCC2c3ccccc3-c3ccccc32)C2CCC2)CC1C(=O)O. The lowest BCUT2D eigenvalue weighted by Gasteiger charge is -2.35. The Balaban J connectivity index is 1.27. The number of aliphatic carboxylic acids is 1. The van der Waals surface area contributed by atoms with E-state index in [1.807, 2.05) is 38.1 Å². The maximum atomic E-state index is 13.4. The van der Waals surface area contributed by atoms with Crippen LogP contribution in [-0.2, 0) is 14.3 Å². The van der Waals surface area contributed by atoms with Crippen LogP contribution in [0.2, 0.25) is 0 Å². The molecule has 0 aromatic heterocycles. The van der Waals surface area contributed by atoms with Crippen molar-refractivity contribution < 1.29 is 24.2 Å². The summed E-state index contributed by atoms with van der Waals surface area (Å²) in [5.74, 6) is -1.73. The highest BCUT2D eigenvalue weighted by molar-refractivity contribution is 5.87. The van der Waals surface area contributed by atoms with Crippen molar-refractivity contribution in [1.29, 1.82) is 0 Å². The number of hydrogen-bond acceptors (Lipinski definition) is 4. The Hall–Kier alpha value is -3.35. The van der Waals surface area contributed by atoms with E-state index in [1.54, 1.807) is 4.90 Å². The molecular formula is C28H32N2O5. The van der Waals surface area contributed by atoms with Crippen LogP contribution in [0.1, 0.15) is 50.2 Å². The molecule has 2 aromatic rings. The Kier molecular flexibility index (Phi) is 6.03. The Bertz CT molecular complexity index is 1110. The Morgan fingerprint density at radius 1 is 1.06 bits per heavy atom. The molecule has 2 aliphatic carbocycles. The minimum atomic E-state index is -0.894. The molecule has 0 radical (unpaired) electrons. The van der Waals surface area contributed by atoms with Gasteiger partial charge in [0.15, 0.2) is 0 Å². The summed E-state index contributed by atoms with van der Waals surface area (Å²) in [5.41, 5.74) is 4.06. The first kappa shape index (κ1) is 23.4. The lowest BCUT2D eigenvalue weighted by Crippen LogP contribution is -2.53. The number of benzene rings is 2. The largest absolute Gasteiger partial charge is 0.481 e. The molecule has 2 atom stereocenters. The molecule has 0 spiro atoms. The average Bonchev–Trinajstić information content (AvgIpc) is 3.29. The molecule has 3 aliphatic rings. The predicted molar refractivity (Wildman–Crippen MR) is 131 cm³/mol. The zero-order valence-electron chi connectivity index (χ0n) is 20.2. The molecule has 1 heterocycles. The fraction of sp³-hybridized carbons (Fsp3) is 0.464. The first-order valence-electron chi connectivity index (χ1n) is 12.4. The van der Waals surface area contributed by atoms with Gasteiger partial charge in [0, 0.05) is 19.0 Å². The zero-order chi connectivity index (χ0) is 24.7. The van der Waals surface area contributed by atoms with Crippen molar-refractivity contribution in [2.75, 3.05) is 19.7 Å². The van der Waals surface area contributed by atoms with Crippen molar-refractivity contribution in [3.8, 4) is 11.1 Å². The summed E-state index contributed by atoms with van der Waals surface area (Å²) in [6.07, 6.45) is 2.13. The highest BCUT2D eigenvalue weighted by atomic mass is 16.5. The quantitative estimate of drug-likeness (QED) is 0.649. The van der Waals surface area contributed by atoms with Gasteiger partial charge in [0.25, 0.3) is 0 Å². The number of carbonyl (C=O) groups excluding carboxylic acids is 2. The maximum Gasteiger partial charge on any atom is 0.407 e. The number of rotatable bonds is 6. The summed E-state index contributed by atoms with van der Waals surface area (Å²) in [6, 6.07) is 15.6. The number of carboxylic acids is 1. The molecule has 2 amide bonds. The van der Waals surface area contributed by atoms with Gasteiger partial charge in [-0.2, -0.15) is 0 Å². The molecule has 2 unspecified atom stereocenters. The minimum Gasteiger partial charge on any atom is -0.481 e. The van der Waals surface area contributed by atoms with Gasteiger partial charge in [0.1, 0.15) is 12.6 Å². The molecule has 7 heteroatoms. The number of likely N-dealkylation sites (tertiary alicyclic amines) is 1. The molecule has 7 nitrogen and oxygen atoms in total. The molecule has 2 aromatic carbocycles. The van der Waals surface area contributed by atoms with Gasteiger partial charge in [0.05, 0.1) is 5.92 Å². The van der Waals surface area contributed by atoms with E-state index in [9.17, 15) is 19.5 Å². The van der Waals surface area contributed by atoms with Gasteiger partial charge in [-0.25, -0.2) is 4.79 Å². The topological polar surface area (TPSA) is 95.9 Å². The van der Waals surface area contributed by atoms with Gasteiger partial charge in [-0.1, -0.05) is 68.8 Å². The summed E-state index contributed by atoms with van der Waals surface area (Å²) in [5, 5.41) is 12.4. The van der Waals surface area contributed by atoms with Crippen molar-refractivity contribution in [2.24, 2.45) is 17.3 Å². The normalized spacial score (nSPS) is 21.5. The summed E-state index contributed by atoms with van der Waals surface area (Å²) in [7, 11) is 0. The molecule has 1 saturated carbocycles. The zero-order valence-corrected chi connectivity index (χ0v) is 20.2. The van der Waals surface area contributed by atoms with Crippen LogP contribution in [0.4, 0.5) is 4.79 Å². The lowest BCUT2D eigenvalue weighted by molar-refractivity contribution is -0.144. The Morgan fingerprint density at radius 2 is 1.66 bits per heavy atom. The summed E-state index contributed by atoms with van der Waals surface area (Å²) < 4.78 is 5.69. The van der Waals surface area contributed by atoms with E-state index in [0.717, 1.165) is 41.5 Å². The maximum absolute atomic E-state index is 13.4. The molecule has 5 rings (SSSR count).